The Balaban J connectivity index is 2.40. The van der Waals surface area contributed by atoms with Crippen LogP contribution < -0.4 is 5.32 Å². The molecule has 0 radical (unpaired) electrons. The van der Waals surface area contributed by atoms with E-state index in [0.29, 0.717) is 6.04 Å². The van der Waals surface area contributed by atoms with Gasteiger partial charge in [0.15, 0.2) is 0 Å². The molecular formula is C14H22FN. The second-order valence-corrected chi connectivity index (χ2v) is 4.25. The molecule has 1 rings (SSSR count). The third-order valence-electron chi connectivity index (χ3n) is 2.86. The van der Waals surface area contributed by atoms with E-state index in [-0.39, 0.29) is 5.82 Å². The van der Waals surface area contributed by atoms with Gasteiger partial charge in [-0.2, -0.15) is 0 Å². The smallest absolute Gasteiger partial charge is 0.123 e. The van der Waals surface area contributed by atoms with Gasteiger partial charge in [-0.1, -0.05) is 33.1 Å². The lowest BCUT2D eigenvalue weighted by Gasteiger charge is -2.18. The molecule has 1 nitrogen and oxygen atoms in total. The normalized spacial score (nSPS) is 12.4. The number of anilines is 1. The monoisotopic (exact) mass is 223 g/mol. The largest absolute Gasteiger partial charge is 0.382 e. The molecule has 0 aromatic heterocycles. The van der Waals surface area contributed by atoms with Crippen molar-refractivity contribution in [3.05, 3.63) is 30.1 Å². The first-order valence-corrected chi connectivity index (χ1v) is 6.28. The Morgan fingerprint density at radius 1 is 1.12 bits per heavy atom. The molecule has 0 aliphatic carbocycles. The van der Waals surface area contributed by atoms with Crippen LogP contribution >= 0.6 is 0 Å². The highest BCUT2D eigenvalue weighted by molar-refractivity contribution is 5.43. The van der Waals surface area contributed by atoms with Gasteiger partial charge in [-0.25, -0.2) is 4.39 Å². The van der Waals surface area contributed by atoms with Crippen molar-refractivity contribution < 1.29 is 4.39 Å². The molecule has 0 amide bonds. The fourth-order valence-electron chi connectivity index (χ4n) is 1.80. The summed E-state index contributed by atoms with van der Waals surface area (Å²) in [5.74, 6) is -0.176. The minimum Gasteiger partial charge on any atom is -0.382 e. The van der Waals surface area contributed by atoms with E-state index in [1.807, 2.05) is 0 Å². The molecule has 1 unspecified atom stereocenters. The van der Waals surface area contributed by atoms with Gasteiger partial charge >= 0.3 is 0 Å². The van der Waals surface area contributed by atoms with E-state index in [0.717, 1.165) is 12.1 Å². The maximum absolute atomic E-state index is 12.7. The molecule has 1 N–H and O–H groups in total. The van der Waals surface area contributed by atoms with Gasteiger partial charge in [0.1, 0.15) is 5.82 Å². The van der Waals surface area contributed by atoms with Crippen molar-refractivity contribution in [1.82, 2.24) is 0 Å². The van der Waals surface area contributed by atoms with Crippen LogP contribution in [-0.2, 0) is 0 Å². The first kappa shape index (κ1) is 13.0. The summed E-state index contributed by atoms with van der Waals surface area (Å²) in [6.07, 6.45) is 6.13. The molecule has 2 heteroatoms. The number of halogens is 1. The molecule has 0 bridgehead atoms. The molecule has 0 saturated carbocycles. The fraction of sp³-hybridized carbons (Fsp3) is 0.571. The molecule has 16 heavy (non-hydrogen) atoms. The van der Waals surface area contributed by atoms with Gasteiger partial charge in [-0.15, -0.1) is 0 Å². The molecule has 0 spiro atoms. The van der Waals surface area contributed by atoms with Crippen molar-refractivity contribution in [1.29, 1.82) is 0 Å². The zero-order chi connectivity index (χ0) is 11.8. The molecule has 1 aromatic carbocycles. The van der Waals surface area contributed by atoms with Crippen molar-refractivity contribution in [2.75, 3.05) is 5.32 Å². The van der Waals surface area contributed by atoms with E-state index in [4.69, 9.17) is 0 Å². The van der Waals surface area contributed by atoms with Gasteiger partial charge in [0.2, 0.25) is 0 Å². The highest BCUT2D eigenvalue weighted by Gasteiger charge is 2.05. The first-order valence-electron chi connectivity index (χ1n) is 6.28. The summed E-state index contributed by atoms with van der Waals surface area (Å²) in [5.41, 5.74) is 1.02. The quantitative estimate of drug-likeness (QED) is 0.666. The zero-order valence-electron chi connectivity index (χ0n) is 10.3. The van der Waals surface area contributed by atoms with Crippen LogP contribution in [0.25, 0.3) is 0 Å². The SMILES string of the molecule is CCCCCC(CC)Nc1ccc(F)cc1. The van der Waals surface area contributed by atoms with E-state index in [2.05, 4.69) is 19.2 Å². The average Bonchev–Trinajstić information content (AvgIpc) is 2.31. The number of nitrogens with one attached hydrogen (secondary N) is 1. The van der Waals surface area contributed by atoms with E-state index in [1.54, 1.807) is 12.1 Å². The summed E-state index contributed by atoms with van der Waals surface area (Å²) in [5, 5.41) is 3.45. The Morgan fingerprint density at radius 3 is 2.38 bits per heavy atom. The minimum absolute atomic E-state index is 0.176. The van der Waals surface area contributed by atoms with Gasteiger partial charge in [0, 0.05) is 11.7 Å². The van der Waals surface area contributed by atoms with Crippen LogP contribution in [0.4, 0.5) is 10.1 Å². The van der Waals surface area contributed by atoms with Crippen LogP contribution in [-0.4, -0.2) is 6.04 Å². The lowest BCUT2D eigenvalue weighted by atomic mass is 10.1. The fourth-order valence-corrected chi connectivity index (χ4v) is 1.80. The molecule has 1 atom stereocenters. The molecule has 0 fully saturated rings. The van der Waals surface area contributed by atoms with Gasteiger partial charge in [-0.05, 0) is 37.1 Å². The Hall–Kier alpha value is -1.05. The van der Waals surface area contributed by atoms with Crippen molar-refractivity contribution in [2.24, 2.45) is 0 Å². The van der Waals surface area contributed by atoms with Crippen molar-refractivity contribution in [3.8, 4) is 0 Å². The molecule has 0 heterocycles. The minimum atomic E-state index is -0.176. The number of unbranched alkanes of at least 4 members (excludes halogenated alkanes) is 2. The molecule has 90 valence electrons. The third-order valence-corrected chi connectivity index (χ3v) is 2.86. The van der Waals surface area contributed by atoms with Crippen LogP contribution in [0, 0.1) is 5.82 Å². The van der Waals surface area contributed by atoms with E-state index < -0.39 is 0 Å². The number of rotatable bonds is 7. The topological polar surface area (TPSA) is 12.0 Å². The molecular weight excluding hydrogens is 201 g/mol. The molecule has 0 saturated heterocycles. The number of benzene rings is 1. The van der Waals surface area contributed by atoms with Crippen LogP contribution in [0.5, 0.6) is 0 Å². The van der Waals surface area contributed by atoms with E-state index >= 15 is 0 Å². The van der Waals surface area contributed by atoms with E-state index in [9.17, 15) is 4.39 Å². The van der Waals surface area contributed by atoms with Crippen LogP contribution in [0.3, 0.4) is 0 Å². The number of hydrogen-bond donors (Lipinski definition) is 1. The first-order chi connectivity index (χ1) is 7.76. The Bertz CT molecular complexity index is 281. The maximum atomic E-state index is 12.7. The van der Waals surface area contributed by atoms with Gasteiger partial charge < -0.3 is 5.32 Å². The Kier molecular flexibility index (Phi) is 5.91. The van der Waals surface area contributed by atoms with Crippen molar-refractivity contribution in [3.63, 3.8) is 0 Å². The lowest BCUT2D eigenvalue weighted by Crippen LogP contribution is -2.18. The van der Waals surface area contributed by atoms with Gasteiger partial charge in [0.25, 0.3) is 0 Å². The summed E-state index contributed by atoms with van der Waals surface area (Å²) in [7, 11) is 0. The summed E-state index contributed by atoms with van der Waals surface area (Å²) >= 11 is 0. The highest BCUT2D eigenvalue weighted by Crippen LogP contribution is 2.14. The van der Waals surface area contributed by atoms with Gasteiger partial charge in [0.05, 0.1) is 0 Å². The average molecular weight is 223 g/mol. The van der Waals surface area contributed by atoms with Gasteiger partial charge in [-0.3, -0.25) is 0 Å². The van der Waals surface area contributed by atoms with Crippen molar-refractivity contribution in [2.45, 2.75) is 52.0 Å². The second-order valence-electron chi connectivity index (χ2n) is 4.25. The van der Waals surface area contributed by atoms with Crippen LogP contribution in [0.1, 0.15) is 46.0 Å². The summed E-state index contributed by atoms with van der Waals surface area (Å²) in [4.78, 5) is 0. The summed E-state index contributed by atoms with van der Waals surface area (Å²) in [6, 6.07) is 7.12. The Morgan fingerprint density at radius 2 is 1.81 bits per heavy atom. The van der Waals surface area contributed by atoms with E-state index in [1.165, 1.54) is 37.8 Å². The molecule has 1 aromatic rings. The predicted octanol–water partition coefficient (Wildman–Crippen LogP) is 4.60. The summed E-state index contributed by atoms with van der Waals surface area (Å²) in [6.45, 7) is 4.40. The highest BCUT2D eigenvalue weighted by atomic mass is 19.1. The molecule has 0 aliphatic heterocycles. The standard InChI is InChI=1S/C14H22FN/c1-3-5-6-7-13(4-2)16-14-10-8-12(15)9-11-14/h8-11,13,16H,3-7H2,1-2H3. The maximum Gasteiger partial charge on any atom is 0.123 e. The van der Waals surface area contributed by atoms with Crippen LogP contribution in [0.15, 0.2) is 24.3 Å². The number of hydrogen-bond acceptors (Lipinski definition) is 1. The zero-order valence-corrected chi connectivity index (χ0v) is 10.3. The van der Waals surface area contributed by atoms with Crippen molar-refractivity contribution >= 4 is 5.69 Å². The summed E-state index contributed by atoms with van der Waals surface area (Å²) < 4.78 is 12.7. The lowest BCUT2D eigenvalue weighted by molar-refractivity contribution is 0.574. The van der Waals surface area contributed by atoms with Crippen LogP contribution in [0.2, 0.25) is 0 Å². The second kappa shape index (κ2) is 7.26. The third kappa shape index (κ3) is 4.65. The molecule has 0 aliphatic rings. The Labute approximate surface area is 98.1 Å². The predicted molar refractivity (Wildman–Crippen MR) is 68.2 cm³/mol.